The standard InChI is InChI=1S/C19H27N3O4S/c1-5-6-7-13(20)19-22-14(11-27-19)18(23)21-10-12-8-15(24-2)17(26-4)16(9-12)25-3/h8-9,11,13H,5-7,10,20H2,1-4H3,(H,21,23). The van der Waals surface area contributed by atoms with E-state index >= 15 is 0 Å². The highest BCUT2D eigenvalue weighted by Gasteiger charge is 2.16. The first-order chi connectivity index (χ1) is 13.0. The van der Waals surface area contributed by atoms with Gasteiger partial charge in [-0.05, 0) is 24.1 Å². The van der Waals surface area contributed by atoms with Crippen LogP contribution in [-0.4, -0.2) is 32.2 Å². The molecule has 0 aliphatic rings. The van der Waals surface area contributed by atoms with Crippen LogP contribution in [0.5, 0.6) is 17.2 Å². The number of methoxy groups -OCH3 is 3. The average Bonchev–Trinajstić information content (AvgIpc) is 3.19. The Balaban J connectivity index is 2.04. The molecule has 0 radical (unpaired) electrons. The lowest BCUT2D eigenvalue weighted by molar-refractivity contribution is 0.0946. The highest BCUT2D eigenvalue weighted by Crippen LogP contribution is 2.38. The predicted octanol–water partition coefficient (Wildman–Crippen LogP) is 3.29. The van der Waals surface area contributed by atoms with Crippen LogP contribution < -0.4 is 25.3 Å². The minimum atomic E-state index is -0.242. The largest absolute Gasteiger partial charge is 0.493 e. The van der Waals surface area contributed by atoms with Crippen LogP contribution in [-0.2, 0) is 6.54 Å². The lowest BCUT2D eigenvalue weighted by atomic mass is 10.1. The van der Waals surface area contributed by atoms with Crippen molar-refractivity contribution in [2.75, 3.05) is 21.3 Å². The van der Waals surface area contributed by atoms with Crippen LogP contribution in [0.4, 0.5) is 0 Å². The van der Waals surface area contributed by atoms with Gasteiger partial charge in [0.25, 0.3) is 5.91 Å². The van der Waals surface area contributed by atoms with Gasteiger partial charge in [-0.25, -0.2) is 4.98 Å². The molecule has 0 saturated heterocycles. The van der Waals surface area contributed by atoms with Gasteiger partial charge >= 0.3 is 0 Å². The molecule has 1 unspecified atom stereocenters. The Morgan fingerprint density at radius 2 is 1.89 bits per heavy atom. The summed E-state index contributed by atoms with van der Waals surface area (Å²) >= 11 is 1.42. The molecule has 8 heteroatoms. The van der Waals surface area contributed by atoms with E-state index in [1.165, 1.54) is 11.3 Å². The summed E-state index contributed by atoms with van der Waals surface area (Å²) in [5.74, 6) is 1.35. The molecular formula is C19H27N3O4S. The number of carbonyl (C=O) groups excluding carboxylic acids is 1. The number of amides is 1. The second kappa shape index (κ2) is 10.1. The van der Waals surface area contributed by atoms with Gasteiger partial charge in [-0.3, -0.25) is 4.79 Å². The minimum absolute atomic E-state index is 0.119. The van der Waals surface area contributed by atoms with Gasteiger partial charge in [0.15, 0.2) is 11.5 Å². The zero-order valence-electron chi connectivity index (χ0n) is 16.2. The van der Waals surface area contributed by atoms with Crippen LogP contribution in [0.3, 0.4) is 0 Å². The number of thiazole rings is 1. The molecule has 3 N–H and O–H groups in total. The summed E-state index contributed by atoms with van der Waals surface area (Å²) in [7, 11) is 4.66. The van der Waals surface area contributed by atoms with Crippen molar-refractivity contribution in [1.29, 1.82) is 0 Å². The second-order valence-electron chi connectivity index (χ2n) is 6.04. The molecule has 0 spiro atoms. The molecule has 1 aromatic carbocycles. The molecule has 1 heterocycles. The number of ether oxygens (including phenoxy) is 3. The Labute approximate surface area is 163 Å². The van der Waals surface area contributed by atoms with Crippen LogP contribution in [0.25, 0.3) is 0 Å². The van der Waals surface area contributed by atoms with Gasteiger partial charge in [0.1, 0.15) is 10.7 Å². The van der Waals surface area contributed by atoms with Gasteiger partial charge in [0, 0.05) is 11.9 Å². The number of aromatic nitrogens is 1. The van der Waals surface area contributed by atoms with E-state index in [0.717, 1.165) is 29.8 Å². The maximum atomic E-state index is 12.4. The molecule has 1 amide bonds. The smallest absolute Gasteiger partial charge is 0.271 e. The maximum absolute atomic E-state index is 12.4. The second-order valence-corrected chi connectivity index (χ2v) is 6.93. The van der Waals surface area contributed by atoms with Crippen LogP contribution >= 0.6 is 11.3 Å². The quantitative estimate of drug-likeness (QED) is 0.643. The van der Waals surface area contributed by atoms with E-state index in [9.17, 15) is 4.79 Å². The van der Waals surface area contributed by atoms with Gasteiger partial charge in [-0.1, -0.05) is 19.8 Å². The molecule has 2 aromatic rings. The summed E-state index contributed by atoms with van der Waals surface area (Å²) < 4.78 is 16.0. The van der Waals surface area contributed by atoms with Gasteiger partial charge in [0.05, 0.1) is 27.4 Å². The topological polar surface area (TPSA) is 95.7 Å². The molecule has 148 valence electrons. The SMILES string of the molecule is CCCCC(N)c1nc(C(=O)NCc2cc(OC)c(OC)c(OC)c2)cs1. The highest BCUT2D eigenvalue weighted by atomic mass is 32.1. The molecule has 2 rings (SSSR count). The van der Waals surface area contributed by atoms with Crippen molar-refractivity contribution < 1.29 is 19.0 Å². The van der Waals surface area contributed by atoms with Crippen molar-refractivity contribution in [2.24, 2.45) is 5.73 Å². The van der Waals surface area contributed by atoms with Crippen LogP contribution in [0.2, 0.25) is 0 Å². The third-order valence-electron chi connectivity index (χ3n) is 4.12. The van der Waals surface area contributed by atoms with Crippen LogP contribution in [0.1, 0.15) is 53.3 Å². The lowest BCUT2D eigenvalue weighted by Gasteiger charge is -2.14. The molecule has 0 saturated carbocycles. The molecule has 27 heavy (non-hydrogen) atoms. The zero-order valence-corrected chi connectivity index (χ0v) is 17.0. The summed E-state index contributed by atoms with van der Waals surface area (Å²) in [5, 5.41) is 5.40. The summed E-state index contributed by atoms with van der Waals surface area (Å²) in [6.45, 7) is 2.43. The van der Waals surface area contributed by atoms with Crippen LogP contribution in [0.15, 0.2) is 17.5 Å². The normalized spacial score (nSPS) is 11.7. The first kappa shape index (κ1) is 21.0. The fourth-order valence-corrected chi connectivity index (χ4v) is 3.46. The molecule has 1 atom stereocenters. The molecular weight excluding hydrogens is 366 g/mol. The Morgan fingerprint density at radius 3 is 2.44 bits per heavy atom. The number of nitrogens with one attached hydrogen (secondary N) is 1. The molecule has 1 aromatic heterocycles. The van der Waals surface area contributed by atoms with Crippen molar-refractivity contribution in [3.05, 3.63) is 33.8 Å². The Bertz CT molecular complexity index is 738. The minimum Gasteiger partial charge on any atom is -0.493 e. The molecule has 7 nitrogen and oxygen atoms in total. The van der Waals surface area contributed by atoms with Crippen molar-refractivity contribution in [1.82, 2.24) is 10.3 Å². The molecule has 0 fully saturated rings. The third kappa shape index (κ3) is 5.33. The van der Waals surface area contributed by atoms with Gasteiger partial charge in [0.2, 0.25) is 5.75 Å². The summed E-state index contributed by atoms with van der Waals surface area (Å²) in [5.41, 5.74) is 7.34. The number of unbranched alkanes of at least 4 members (excludes halogenated alkanes) is 1. The number of benzene rings is 1. The summed E-state index contributed by atoms with van der Waals surface area (Å²) in [6.07, 6.45) is 3.00. The zero-order chi connectivity index (χ0) is 19.8. The number of rotatable bonds is 10. The number of hydrogen-bond donors (Lipinski definition) is 2. The van der Waals surface area contributed by atoms with E-state index in [2.05, 4.69) is 17.2 Å². The van der Waals surface area contributed by atoms with Crippen molar-refractivity contribution in [2.45, 2.75) is 38.8 Å². The molecule has 0 aliphatic heterocycles. The Kier molecular flexibility index (Phi) is 7.87. The number of hydrogen-bond acceptors (Lipinski definition) is 7. The fraction of sp³-hybridized carbons (Fsp3) is 0.474. The van der Waals surface area contributed by atoms with Crippen LogP contribution in [0, 0.1) is 0 Å². The van der Waals surface area contributed by atoms with E-state index in [1.807, 2.05) is 0 Å². The van der Waals surface area contributed by atoms with Crippen molar-refractivity contribution >= 4 is 17.2 Å². The first-order valence-electron chi connectivity index (χ1n) is 8.82. The molecule has 0 aliphatic carbocycles. The average molecular weight is 394 g/mol. The van der Waals surface area contributed by atoms with E-state index in [-0.39, 0.29) is 11.9 Å². The maximum Gasteiger partial charge on any atom is 0.271 e. The Hall–Kier alpha value is -2.32. The van der Waals surface area contributed by atoms with E-state index in [4.69, 9.17) is 19.9 Å². The summed E-state index contributed by atoms with van der Waals surface area (Å²) in [6, 6.07) is 3.48. The van der Waals surface area contributed by atoms with E-state index in [0.29, 0.717) is 29.5 Å². The first-order valence-corrected chi connectivity index (χ1v) is 9.70. The van der Waals surface area contributed by atoms with E-state index in [1.54, 1.807) is 38.8 Å². The van der Waals surface area contributed by atoms with E-state index < -0.39 is 0 Å². The van der Waals surface area contributed by atoms with Crippen molar-refractivity contribution in [3.8, 4) is 17.2 Å². The molecule has 0 bridgehead atoms. The monoisotopic (exact) mass is 393 g/mol. The lowest BCUT2D eigenvalue weighted by Crippen LogP contribution is -2.23. The Morgan fingerprint density at radius 1 is 1.22 bits per heavy atom. The highest BCUT2D eigenvalue weighted by molar-refractivity contribution is 7.09. The fourth-order valence-electron chi connectivity index (χ4n) is 2.62. The number of nitrogens with zero attached hydrogens (tertiary/aromatic N) is 1. The number of nitrogens with two attached hydrogens (primary N) is 1. The van der Waals surface area contributed by atoms with Gasteiger partial charge in [-0.15, -0.1) is 11.3 Å². The number of carbonyl (C=O) groups is 1. The van der Waals surface area contributed by atoms with Crippen molar-refractivity contribution in [3.63, 3.8) is 0 Å². The van der Waals surface area contributed by atoms with Gasteiger partial charge in [-0.2, -0.15) is 0 Å². The van der Waals surface area contributed by atoms with Gasteiger partial charge < -0.3 is 25.3 Å². The third-order valence-corrected chi connectivity index (χ3v) is 5.09. The predicted molar refractivity (Wildman–Crippen MR) is 106 cm³/mol. The summed E-state index contributed by atoms with van der Waals surface area (Å²) in [4.78, 5) is 16.8.